The van der Waals surface area contributed by atoms with Crippen molar-refractivity contribution in [3.63, 3.8) is 0 Å². The van der Waals surface area contributed by atoms with E-state index in [1.807, 2.05) is 13.0 Å². The van der Waals surface area contributed by atoms with E-state index in [-0.39, 0.29) is 6.61 Å². The van der Waals surface area contributed by atoms with Gasteiger partial charge in [0.1, 0.15) is 5.82 Å². The van der Waals surface area contributed by atoms with E-state index in [1.54, 1.807) is 6.20 Å². The third-order valence-corrected chi connectivity index (χ3v) is 2.09. The van der Waals surface area contributed by atoms with E-state index in [9.17, 15) is 0 Å². The third kappa shape index (κ3) is 4.46. The summed E-state index contributed by atoms with van der Waals surface area (Å²) in [5, 5.41) is 11.7. The van der Waals surface area contributed by atoms with Gasteiger partial charge in [0.15, 0.2) is 0 Å². The first kappa shape index (κ1) is 12.7. The molecule has 4 N–H and O–H groups in total. The first-order valence-corrected chi connectivity index (χ1v) is 5.38. The molecule has 1 heterocycles. The van der Waals surface area contributed by atoms with Crippen LogP contribution in [0.25, 0.3) is 0 Å². The number of hydrogen-bond donors (Lipinski definition) is 3. The fourth-order valence-electron chi connectivity index (χ4n) is 1.33. The second-order valence-electron chi connectivity index (χ2n) is 3.55. The van der Waals surface area contributed by atoms with Crippen molar-refractivity contribution in [2.24, 2.45) is 0 Å². The number of aryl methyl sites for hydroxylation is 1. The fourth-order valence-corrected chi connectivity index (χ4v) is 1.33. The Hall–Kier alpha value is -1.33. The fraction of sp³-hybridized carbons (Fsp3) is 0.545. The van der Waals surface area contributed by atoms with Gasteiger partial charge in [-0.15, -0.1) is 0 Å². The van der Waals surface area contributed by atoms with Crippen molar-refractivity contribution in [1.29, 1.82) is 0 Å². The molecule has 0 saturated carbocycles. The van der Waals surface area contributed by atoms with Crippen LogP contribution in [0.3, 0.4) is 0 Å². The number of anilines is 2. The third-order valence-electron chi connectivity index (χ3n) is 2.09. The number of pyridine rings is 1. The highest BCUT2D eigenvalue weighted by atomic mass is 16.5. The van der Waals surface area contributed by atoms with Gasteiger partial charge in [-0.05, 0) is 25.0 Å². The number of aliphatic hydroxyl groups excluding tert-OH is 1. The molecule has 16 heavy (non-hydrogen) atoms. The predicted molar refractivity (Wildman–Crippen MR) is 64.4 cm³/mol. The van der Waals surface area contributed by atoms with Crippen molar-refractivity contribution in [2.75, 3.05) is 37.4 Å². The van der Waals surface area contributed by atoms with Gasteiger partial charge in [-0.1, -0.05) is 0 Å². The van der Waals surface area contributed by atoms with Crippen LogP contribution in [0, 0.1) is 6.92 Å². The molecule has 0 fully saturated rings. The minimum Gasteiger partial charge on any atom is -0.397 e. The van der Waals surface area contributed by atoms with Gasteiger partial charge in [0, 0.05) is 13.2 Å². The summed E-state index contributed by atoms with van der Waals surface area (Å²) in [4.78, 5) is 4.19. The summed E-state index contributed by atoms with van der Waals surface area (Å²) in [6, 6.07) is 1.89. The molecular weight excluding hydrogens is 206 g/mol. The Kier molecular flexibility index (Phi) is 5.60. The SMILES string of the molecule is Cc1cc(N)cnc1NCCCOCCO. The molecule has 0 aliphatic heterocycles. The van der Waals surface area contributed by atoms with Crippen LogP contribution in [0.5, 0.6) is 0 Å². The summed E-state index contributed by atoms with van der Waals surface area (Å²) in [6.45, 7) is 3.88. The summed E-state index contributed by atoms with van der Waals surface area (Å²) >= 11 is 0. The Morgan fingerprint density at radius 3 is 3.00 bits per heavy atom. The smallest absolute Gasteiger partial charge is 0.128 e. The lowest BCUT2D eigenvalue weighted by atomic mass is 10.2. The zero-order valence-corrected chi connectivity index (χ0v) is 9.57. The number of aromatic nitrogens is 1. The molecule has 0 spiro atoms. The zero-order chi connectivity index (χ0) is 11.8. The van der Waals surface area contributed by atoms with Crippen molar-refractivity contribution in [3.8, 4) is 0 Å². The van der Waals surface area contributed by atoms with Gasteiger partial charge < -0.3 is 20.9 Å². The number of hydrogen-bond acceptors (Lipinski definition) is 5. The minimum absolute atomic E-state index is 0.0755. The molecule has 1 aromatic rings. The van der Waals surface area contributed by atoms with Gasteiger partial charge in [0.05, 0.1) is 25.1 Å². The van der Waals surface area contributed by atoms with E-state index in [0.29, 0.717) is 18.9 Å². The number of nitrogens with two attached hydrogens (primary N) is 1. The Bertz CT molecular complexity index is 318. The quantitative estimate of drug-likeness (QED) is 0.598. The Morgan fingerprint density at radius 2 is 2.31 bits per heavy atom. The second kappa shape index (κ2) is 7.03. The van der Waals surface area contributed by atoms with Crippen LogP contribution in [0.2, 0.25) is 0 Å². The van der Waals surface area contributed by atoms with E-state index in [0.717, 1.165) is 24.3 Å². The molecule has 90 valence electrons. The van der Waals surface area contributed by atoms with E-state index < -0.39 is 0 Å². The van der Waals surface area contributed by atoms with E-state index >= 15 is 0 Å². The molecular formula is C11H19N3O2. The highest BCUT2D eigenvalue weighted by Crippen LogP contribution is 2.13. The topological polar surface area (TPSA) is 80.4 Å². The van der Waals surface area contributed by atoms with Crippen molar-refractivity contribution in [2.45, 2.75) is 13.3 Å². The number of ether oxygens (including phenoxy) is 1. The lowest BCUT2D eigenvalue weighted by molar-refractivity contribution is 0.0922. The highest BCUT2D eigenvalue weighted by Gasteiger charge is 1.98. The van der Waals surface area contributed by atoms with Gasteiger partial charge in [-0.3, -0.25) is 0 Å². The van der Waals surface area contributed by atoms with Crippen LogP contribution in [0.4, 0.5) is 11.5 Å². The summed E-state index contributed by atoms with van der Waals surface area (Å²) in [7, 11) is 0. The molecule has 0 saturated heterocycles. The maximum Gasteiger partial charge on any atom is 0.128 e. The second-order valence-corrected chi connectivity index (χ2v) is 3.55. The molecule has 5 heteroatoms. The van der Waals surface area contributed by atoms with Crippen LogP contribution < -0.4 is 11.1 Å². The van der Waals surface area contributed by atoms with Crippen LogP contribution in [-0.2, 0) is 4.74 Å². The zero-order valence-electron chi connectivity index (χ0n) is 9.57. The molecule has 1 rings (SSSR count). The average molecular weight is 225 g/mol. The number of aliphatic hydroxyl groups is 1. The summed E-state index contributed by atoms with van der Waals surface area (Å²) in [5.41, 5.74) is 7.32. The van der Waals surface area contributed by atoms with E-state index in [1.165, 1.54) is 0 Å². The van der Waals surface area contributed by atoms with Crippen molar-refractivity contribution >= 4 is 11.5 Å². The van der Waals surface area contributed by atoms with Crippen molar-refractivity contribution in [1.82, 2.24) is 4.98 Å². The molecule has 0 aliphatic carbocycles. The number of rotatable bonds is 7. The number of nitrogen functional groups attached to an aromatic ring is 1. The van der Waals surface area contributed by atoms with Gasteiger partial charge >= 0.3 is 0 Å². The molecule has 0 atom stereocenters. The number of nitrogens with one attached hydrogen (secondary N) is 1. The Labute approximate surface area is 95.6 Å². The Balaban J connectivity index is 2.21. The lowest BCUT2D eigenvalue weighted by Gasteiger charge is -2.08. The Morgan fingerprint density at radius 1 is 1.50 bits per heavy atom. The minimum atomic E-state index is 0.0755. The van der Waals surface area contributed by atoms with Gasteiger partial charge in [0.2, 0.25) is 0 Å². The maximum atomic E-state index is 8.50. The molecule has 0 unspecified atom stereocenters. The van der Waals surface area contributed by atoms with Gasteiger partial charge in [0.25, 0.3) is 0 Å². The lowest BCUT2D eigenvalue weighted by Crippen LogP contribution is -2.09. The van der Waals surface area contributed by atoms with Crippen LogP contribution in [-0.4, -0.2) is 36.5 Å². The maximum absolute atomic E-state index is 8.50. The van der Waals surface area contributed by atoms with Crippen LogP contribution >= 0.6 is 0 Å². The number of nitrogens with zero attached hydrogens (tertiary/aromatic N) is 1. The van der Waals surface area contributed by atoms with Crippen LogP contribution in [0.1, 0.15) is 12.0 Å². The largest absolute Gasteiger partial charge is 0.397 e. The monoisotopic (exact) mass is 225 g/mol. The summed E-state index contributed by atoms with van der Waals surface area (Å²) < 4.78 is 5.14. The van der Waals surface area contributed by atoms with Crippen molar-refractivity contribution < 1.29 is 9.84 Å². The average Bonchev–Trinajstić information content (AvgIpc) is 2.26. The molecule has 0 radical (unpaired) electrons. The van der Waals surface area contributed by atoms with Crippen molar-refractivity contribution in [3.05, 3.63) is 17.8 Å². The van der Waals surface area contributed by atoms with E-state index in [2.05, 4.69) is 10.3 Å². The summed E-state index contributed by atoms with van der Waals surface area (Å²) in [6.07, 6.45) is 2.52. The molecule has 0 aromatic carbocycles. The standard InChI is InChI=1S/C11H19N3O2/c1-9-7-10(12)8-14-11(9)13-3-2-5-16-6-4-15/h7-8,15H,2-6,12H2,1H3,(H,13,14). The van der Waals surface area contributed by atoms with Crippen LogP contribution in [0.15, 0.2) is 12.3 Å². The molecule has 1 aromatic heterocycles. The van der Waals surface area contributed by atoms with Gasteiger partial charge in [-0.2, -0.15) is 0 Å². The molecule has 0 aliphatic rings. The van der Waals surface area contributed by atoms with Gasteiger partial charge in [-0.25, -0.2) is 4.98 Å². The molecule has 0 amide bonds. The first-order chi connectivity index (χ1) is 7.74. The highest BCUT2D eigenvalue weighted by molar-refractivity contribution is 5.50. The molecule has 5 nitrogen and oxygen atoms in total. The summed E-state index contributed by atoms with van der Waals surface area (Å²) in [5.74, 6) is 0.858. The normalized spacial score (nSPS) is 10.4. The predicted octanol–water partition coefficient (Wildman–Crippen LogP) is 0.783. The first-order valence-electron chi connectivity index (χ1n) is 5.38. The molecule has 0 bridgehead atoms. The van der Waals surface area contributed by atoms with E-state index in [4.69, 9.17) is 15.6 Å².